The number of halogens is 1. The summed E-state index contributed by atoms with van der Waals surface area (Å²) in [5.74, 6) is 0.652. The molecule has 6 heteroatoms. The van der Waals surface area contributed by atoms with Gasteiger partial charge in [-0.15, -0.1) is 12.4 Å². The van der Waals surface area contributed by atoms with Gasteiger partial charge in [-0.2, -0.15) is 0 Å². The summed E-state index contributed by atoms with van der Waals surface area (Å²) in [4.78, 5) is 14.8. The molecule has 0 aromatic heterocycles. The van der Waals surface area contributed by atoms with Crippen LogP contribution in [0.25, 0.3) is 0 Å². The van der Waals surface area contributed by atoms with E-state index < -0.39 is 0 Å². The average Bonchev–Trinajstić information content (AvgIpc) is 2.69. The van der Waals surface area contributed by atoms with Crippen molar-refractivity contribution in [2.45, 2.75) is 19.4 Å². The Bertz CT molecular complexity index is 736. The summed E-state index contributed by atoms with van der Waals surface area (Å²) in [6.07, 6.45) is 1.04. The van der Waals surface area contributed by atoms with Gasteiger partial charge in [0.15, 0.2) is 0 Å². The van der Waals surface area contributed by atoms with E-state index in [1.807, 2.05) is 24.3 Å². The normalized spacial score (nSPS) is 17.0. The number of aryl methyl sites for hydroxylation is 1. The molecule has 1 aliphatic rings. The summed E-state index contributed by atoms with van der Waals surface area (Å²) in [6.45, 7) is 5.12. The van der Waals surface area contributed by atoms with Gasteiger partial charge in [0.2, 0.25) is 5.91 Å². The molecule has 2 N–H and O–H groups in total. The van der Waals surface area contributed by atoms with Crippen LogP contribution in [0.1, 0.15) is 24.1 Å². The second kappa shape index (κ2) is 10.3. The van der Waals surface area contributed by atoms with Crippen LogP contribution in [0, 0.1) is 0 Å². The number of methoxy groups -OCH3 is 1. The molecule has 1 fully saturated rings. The van der Waals surface area contributed by atoms with Crippen LogP contribution >= 0.6 is 12.4 Å². The van der Waals surface area contributed by atoms with Gasteiger partial charge in [-0.05, 0) is 29.7 Å². The molecule has 1 aliphatic heterocycles. The van der Waals surface area contributed by atoms with E-state index in [1.54, 1.807) is 7.11 Å². The lowest BCUT2D eigenvalue weighted by molar-refractivity contribution is -0.118. The second-order valence-electron chi connectivity index (χ2n) is 6.53. The Morgan fingerprint density at radius 1 is 1.22 bits per heavy atom. The summed E-state index contributed by atoms with van der Waals surface area (Å²) < 4.78 is 5.31. The Hall–Kier alpha value is -2.08. The first kappa shape index (κ1) is 21.2. The highest BCUT2D eigenvalue weighted by Gasteiger charge is 2.25. The molecule has 0 saturated carbocycles. The zero-order valence-electron chi connectivity index (χ0n) is 15.9. The summed E-state index contributed by atoms with van der Waals surface area (Å²) >= 11 is 0. The molecule has 2 aromatic rings. The molecule has 27 heavy (non-hydrogen) atoms. The van der Waals surface area contributed by atoms with Crippen LogP contribution in [0.5, 0.6) is 5.75 Å². The van der Waals surface area contributed by atoms with E-state index in [-0.39, 0.29) is 24.4 Å². The third kappa shape index (κ3) is 5.45. The molecule has 5 nitrogen and oxygen atoms in total. The van der Waals surface area contributed by atoms with Gasteiger partial charge < -0.3 is 15.4 Å². The average molecular weight is 390 g/mol. The van der Waals surface area contributed by atoms with E-state index in [2.05, 4.69) is 46.7 Å². The molecule has 1 amide bonds. The van der Waals surface area contributed by atoms with Crippen LogP contribution in [-0.4, -0.2) is 44.1 Å². The van der Waals surface area contributed by atoms with Crippen LogP contribution in [0.3, 0.4) is 0 Å². The predicted octanol–water partition coefficient (Wildman–Crippen LogP) is 3.26. The number of ether oxygens (including phenoxy) is 1. The molecule has 1 unspecified atom stereocenters. The maximum atomic E-state index is 12.6. The van der Waals surface area contributed by atoms with Gasteiger partial charge in [-0.25, -0.2) is 0 Å². The lowest BCUT2D eigenvalue weighted by atomic mass is 10.0. The summed E-state index contributed by atoms with van der Waals surface area (Å²) in [5, 5.41) is 6.41. The maximum absolute atomic E-state index is 12.6. The Morgan fingerprint density at radius 3 is 2.67 bits per heavy atom. The van der Waals surface area contributed by atoms with Crippen molar-refractivity contribution in [3.8, 4) is 5.75 Å². The topological polar surface area (TPSA) is 53.6 Å². The molecule has 1 heterocycles. The quantitative estimate of drug-likeness (QED) is 0.796. The van der Waals surface area contributed by atoms with Gasteiger partial charge in [0, 0.05) is 25.7 Å². The van der Waals surface area contributed by atoms with Crippen molar-refractivity contribution in [2.24, 2.45) is 0 Å². The Balaban J connectivity index is 0.00000261. The van der Waals surface area contributed by atoms with Gasteiger partial charge >= 0.3 is 0 Å². The van der Waals surface area contributed by atoms with Crippen LogP contribution in [0.15, 0.2) is 48.5 Å². The first-order valence-corrected chi connectivity index (χ1v) is 9.17. The molecule has 1 atom stereocenters. The van der Waals surface area contributed by atoms with Crippen molar-refractivity contribution >= 4 is 24.0 Å². The van der Waals surface area contributed by atoms with Gasteiger partial charge in [0.05, 0.1) is 19.3 Å². The number of carbonyl (C=O) groups is 1. The summed E-state index contributed by atoms with van der Waals surface area (Å²) in [6, 6.07) is 16.4. The zero-order valence-corrected chi connectivity index (χ0v) is 16.7. The highest BCUT2D eigenvalue weighted by molar-refractivity contribution is 5.93. The van der Waals surface area contributed by atoms with Crippen molar-refractivity contribution in [3.05, 3.63) is 59.7 Å². The molecule has 0 spiro atoms. The van der Waals surface area contributed by atoms with E-state index in [9.17, 15) is 4.79 Å². The number of nitrogens with one attached hydrogen (secondary N) is 2. The van der Waals surface area contributed by atoms with Crippen molar-refractivity contribution in [1.29, 1.82) is 0 Å². The smallest absolute Gasteiger partial charge is 0.238 e. The number of nitrogens with zero attached hydrogens (tertiary/aromatic N) is 1. The minimum absolute atomic E-state index is 0. The molecule has 0 radical (unpaired) electrons. The van der Waals surface area contributed by atoms with E-state index in [4.69, 9.17) is 4.74 Å². The molecule has 1 saturated heterocycles. The third-order valence-corrected chi connectivity index (χ3v) is 4.85. The number of benzene rings is 2. The molecule has 146 valence electrons. The number of rotatable bonds is 6. The van der Waals surface area contributed by atoms with Crippen molar-refractivity contribution in [2.75, 3.05) is 38.6 Å². The van der Waals surface area contributed by atoms with Gasteiger partial charge in [0.1, 0.15) is 5.75 Å². The largest absolute Gasteiger partial charge is 0.495 e. The number of amides is 1. The van der Waals surface area contributed by atoms with Crippen molar-refractivity contribution in [1.82, 2.24) is 10.2 Å². The maximum Gasteiger partial charge on any atom is 0.238 e. The van der Waals surface area contributed by atoms with Gasteiger partial charge in [0.25, 0.3) is 0 Å². The van der Waals surface area contributed by atoms with Crippen LogP contribution in [-0.2, 0) is 11.2 Å². The number of hydrogen-bond donors (Lipinski definition) is 2. The minimum atomic E-state index is -0.0217. The fourth-order valence-corrected chi connectivity index (χ4v) is 3.36. The summed E-state index contributed by atoms with van der Waals surface area (Å²) in [5.41, 5.74) is 3.29. The van der Waals surface area contributed by atoms with E-state index >= 15 is 0 Å². The van der Waals surface area contributed by atoms with E-state index in [0.717, 1.165) is 26.1 Å². The highest BCUT2D eigenvalue weighted by atomic mass is 35.5. The fraction of sp³-hybridized carbons (Fsp3) is 0.381. The molecular weight excluding hydrogens is 362 g/mol. The van der Waals surface area contributed by atoms with E-state index in [0.29, 0.717) is 18.0 Å². The second-order valence-corrected chi connectivity index (χ2v) is 6.53. The zero-order chi connectivity index (χ0) is 18.4. The monoisotopic (exact) mass is 389 g/mol. The van der Waals surface area contributed by atoms with Gasteiger partial charge in [-0.3, -0.25) is 9.69 Å². The number of hydrogen-bond acceptors (Lipinski definition) is 4. The summed E-state index contributed by atoms with van der Waals surface area (Å²) in [7, 11) is 1.61. The molecule has 3 rings (SSSR count). The number of carbonyl (C=O) groups excluding carboxylic acids is 1. The standard InChI is InChI=1S/C21H27N3O2.ClH/c1-3-16-8-10-17(11-9-16)19-14-22-12-13-24(19)15-21(25)23-18-6-4-5-7-20(18)26-2;/h4-11,19,22H,3,12-15H2,1-2H3,(H,23,25);1H. The number of anilines is 1. The number of piperazine rings is 1. The molecule has 0 bridgehead atoms. The lowest BCUT2D eigenvalue weighted by Gasteiger charge is -2.36. The van der Waals surface area contributed by atoms with E-state index in [1.165, 1.54) is 11.1 Å². The third-order valence-electron chi connectivity index (χ3n) is 4.85. The fourth-order valence-electron chi connectivity index (χ4n) is 3.36. The Kier molecular flexibility index (Phi) is 8.10. The van der Waals surface area contributed by atoms with Crippen molar-refractivity contribution < 1.29 is 9.53 Å². The molecular formula is C21H28ClN3O2. The first-order chi connectivity index (χ1) is 12.7. The highest BCUT2D eigenvalue weighted by Crippen LogP contribution is 2.25. The Labute approximate surface area is 167 Å². The van der Waals surface area contributed by atoms with Crippen LogP contribution < -0.4 is 15.4 Å². The first-order valence-electron chi connectivity index (χ1n) is 9.17. The SMILES string of the molecule is CCc1ccc(C2CNCCN2CC(=O)Nc2ccccc2OC)cc1.Cl. The lowest BCUT2D eigenvalue weighted by Crippen LogP contribution is -2.48. The van der Waals surface area contributed by atoms with Crippen LogP contribution in [0.2, 0.25) is 0 Å². The molecule has 0 aliphatic carbocycles. The van der Waals surface area contributed by atoms with Crippen LogP contribution in [0.4, 0.5) is 5.69 Å². The van der Waals surface area contributed by atoms with Crippen molar-refractivity contribution in [3.63, 3.8) is 0 Å². The number of para-hydroxylation sites is 2. The Morgan fingerprint density at radius 2 is 1.96 bits per heavy atom. The van der Waals surface area contributed by atoms with Gasteiger partial charge in [-0.1, -0.05) is 43.3 Å². The molecule has 2 aromatic carbocycles. The minimum Gasteiger partial charge on any atom is -0.495 e. The predicted molar refractivity (Wildman–Crippen MR) is 112 cm³/mol.